The molecule has 6 aromatic rings. The van der Waals surface area contributed by atoms with Gasteiger partial charge in [0.25, 0.3) is 0 Å². The van der Waals surface area contributed by atoms with Crippen LogP contribution in [-0.4, -0.2) is 4.57 Å². The van der Waals surface area contributed by atoms with Crippen molar-refractivity contribution in [3.05, 3.63) is 125 Å². The molecule has 0 radical (unpaired) electrons. The van der Waals surface area contributed by atoms with Gasteiger partial charge in [-0.2, -0.15) is 0 Å². The summed E-state index contributed by atoms with van der Waals surface area (Å²) in [5.74, 6) is 0. The van der Waals surface area contributed by atoms with Gasteiger partial charge in [-0.3, -0.25) is 0 Å². The van der Waals surface area contributed by atoms with Gasteiger partial charge in [-0.1, -0.05) is 177 Å². The molecule has 0 bridgehead atoms. The van der Waals surface area contributed by atoms with Crippen LogP contribution < -0.4 is 0 Å². The summed E-state index contributed by atoms with van der Waals surface area (Å²) in [6.07, 6.45) is 0. The number of hydrogen-bond acceptors (Lipinski definition) is 0. The maximum atomic E-state index is 9.11. The molecule has 0 N–H and O–H groups in total. The Morgan fingerprint density at radius 2 is 0.902 bits per heavy atom. The van der Waals surface area contributed by atoms with Gasteiger partial charge >= 0.3 is 0 Å². The van der Waals surface area contributed by atoms with Crippen molar-refractivity contribution in [3.63, 3.8) is 0 Å². The van der Waals surface area contributed by atoms with E-state index in [-0.39, 0.29) is 57.4 Å². The lowest BCUT2D eigenvalue weighted by Gasteiger charge is -2.27. The Balaban J connectivity index is 1.92. The predicted molar refractivity (Wildman–Crippen MR) is 225 cm³/mol. The van der Waals surface area contributed by atoms with Crippen molar-refractivity contribution in [2.75, 3.05) is 0 Å². The van der Waals surface area contributed by atoms with Gasteiger partial charge in [-0.05, 0) is 101 Å². The van der Waals surface area contributed by atoms with Crippen molar-refractivity contribution in [3.8, 4) is 27.9 Å². The van der Waals surface area contributed by atoms with Crippen LogP contribution in [0.15, 0.2) is 96.9 Å². The molecule has 0 atom stereocenters. The summed E-state index contributed by atoms with van der Waals surface area (Å²) in [7, 11) is 0. The summed E-state index contributed by atoms with van der Waals surface area (Å²) >= 11 is 0. The van der Waals surface area contributed by atoms with E-state index < -0.39 is 5.41 Å². The Morgan fingerprint density at radius 3 is 1.37 bits per heavy atom. The molecule has 0 aliphatic heterocycles. The summed E-state index contributed by atoms with van der Waals surface area (Å²) in [6, 6.07) is 23.4. The largest absolute Gasteiger partial charge is 0.309 e. The van der Waals surface area contributed by atoms with Crippen molar-refractivity contribution in [1.29, 1.82) is 0 Å². The third kappa shape index (κ3) is 6.94. The molecule has 0 aliphatic carbocycles. The molecule has 51 heavy (non-hydrogen) atoms. The molecule has 1 heterocycles. The van der Waals surface area contributed by atoms with Crippen LogP contribution in [0, 0.1) is 0 Å². The van der Waals surface area contributed by atoms with Gasteiger partial charge in [-0.25, -0.2) is 0 Å². The second-order valence-corrected chi connectivity index (χ2v) is 19.7. The maximum Gasteiger partial charge on any atom is 0.0629 e. The minimum Gasteiger partial charge on any atom is -0.309 e. The van der Waals surface area contributed by atoms with Gasteiger partial charge < -0.3 is 4.57 Å². The molecule has 6 rings (SSSR count). The lowest BCUT2D eigenvalue weighted by Crippen LogP contribution is -2.17. The van der Waals surface area contributed by atoms with E-state index in [9.17, 15) is 0 Å². The number of nitrogens with zero attached hydrogens (tertiary/aromatic N) is 1. The Labute approximate surface area is 316 Å². The SMILES string of the molecule is [2H]c1c([2H])c([2H])c(-c2ccc3c(c2C(C)(C)C)c2c(-c4cc(C(C)(C)C)cc(C(C)(C)C)c4)cccc2n3-c2cc(C(C)(C)C)cc(C(C)(C)C)c2)c([2H])c1[2H]. The topological polar surface area (TPSA) is 4.93 Å². The molecular formula is C50H61N. The molecule has 0 amide bonds. The highest BCUT2D eigenvalue weighted by Crippen LogP contribution is 2.48. The van der Waals surface area contributed by atoms with Crippen molar-refractivity contribution in [2.45, 2.75) is 131 Å². The van der Waals surface area contributed by atoms with Gasteiger partial charge in [-0.15, -0.1) is 0 Å². The van der Waals surface area contributed by atoms with Gasteiger partial charge in [0.15, 0.2) is 0 Å². The smallest absolute Gasteiger partial charge is 0.0629 e. The summed E-state index contributed by atoms with van der Waals surface area (Å²) < 4.78 is 46.3. The standard InChI is InChI=1S/C50H61N/c1-46(2,3)34-26-33(27-35(28-34)47(4,5)6)39-22-19-23-41-43(39)44-42(25-24-40(45(44)50(13,14)15)32-20-17-16-18-21-32)51(41)38-30-36(48(7,8)9)29-37(31-38)49(10,11)12/h16-31H,1-15H3/i16D,17D,18D,20D,21D. The van der Waals surface area contributed by atoms with Crippen LogP contribution >= 0.6 is 0 Å². The second kappa shape index (κ2) is 12.3. The third-order valence-corrected chi connectivity index (χ3v) is 10.4. The van der Waals surface area contributed by atoms with Crippen LogP contribution in [0.4, 0.5) is 0 Å². The fraction of sp³-hybridized carbons (Fsp3) is 0.400. The molecule has 1 heteroatoms. The predicted octanol–water partition coefficient (Wildman–Crippen LogP) is 14.6. The minimum atomic E-state index is -0.488. The Kier molecular flexibility index (Phi) is 7.33. The average molecular weight is 681 g/mol. The highest BCUT2D eigenvalue weighted by molar-refractivity contribution is 6.18. The van der Waals surface area contributed by atoms with Crippen LogP contribution in [0.3, 0.4) is 0 Å². The van der Waals surface area contributed by atoms with Crippen molar-refractivity contribution in [2.24, 2.45) is 0 Å². The molecule has 266 valence electrons. The first-order valence-electron chi connectivity index (χ1n) is 21.0. The zero-order valence-corrected chi connectivity index (χ0v) is 33.8. The van der Waals surface area contributed by atoms with E-state index in [1.165, 1.54) is 22.3 Å². The first kappa shape index (κ1) is 30.5. The fourth-order valence-electron chi connectivity index (χ4n) is 7.30. The maximum absolute atomic E-state index is 9.11. The lowest BCUT2D eigenvalue weighted by atomic mass is 9.77. The molecular weight excluding hydrogens is 615 g/mol. The molecule has 0 unspecified atom stereocenters. The zero-order chi connectivity index (χ0) is 41.8. The van der Waals surface area contributed by atoms with Crippen LogP contribution in [0.5, 0.6) is 0 Å². The van der Waals surface area contributed by atoms with E-state index in [4.69, 9.17) is 6.85 Å². The Bertz CT molecular complexity index is 2440. The van der Waals surface area contributed by atoms with Crippen molar-refractivity contribution in [1.82, 2.24) is 4.57 Å². The van der Waals surface area contributed by atoms with Crippen molar-refractivity contribution < 1.29 is 6.85 Å². The van der Waals surface area contributed by atoms with Gasteiger partial charge in [0.2, 0.25) is 0 Å². The second-order valence-electron chi connectivity index (χ2n) is 19.7. The Hall–Kier alpha value is -4.10. The molecule has 0 spiro atoms. The van der Waals surface area contributed by atoms with Crippen molar-refractivity contribution >= 4 is 21.8 Å². The number of fused-ring (bicyclic) bond motifs is 3. The molecule has 0 saturated carbocycles. The van der Waals surface area contributed by atoms with Gasteiger partial charge in [0.1, 0.15) is 0 Å². The highest BCUT2D eigenvalue weighted by atomic mass is 15.0. The van der Waals surface area contributed by atoms with Crippen LogP contribution in [0.25, 0.3) is 49.7 Å². The van der Waals surface area contributed by atoms with E-state index in [2.05, 4.69) is 169 Å². The van der Waals surface area contributed by atoms with Gasteiger partial charge in [0.05, 0.1) is 17.9 Å². The fourth-order valence-corrected chi connectivity index (χ4v) is 7.30. The van der Waals surface area contributed by atoms with E-state index in [0.717, 1.165) is 44.2 Å². The number of hydrogen-bond donors (Lipinski definition) is 0. The van der Waals surface area contributed by atoms with E-state index >= 15 is 0 Å². The minimum absolute atomic E-state index is 0.0839. The van der Waals surface area contributed by atoms with Crippen LogP contribution in [0.2, 0.25) is 0 Å². The number of rotatable bonds is 3. The molecule has 1 nitrogen and oxygen atoms in total. The van der Waals surface area contributed by atoms with Crippen LogP contribution in [0.1, 0.15) is 139 Å². The number of aromatic nitrogens is 1. The molecule has 5 aromatic carbocycles. The molecule has 0 saturated heterocycles. The van der Waals surface area contributed by atoms with E-state index in [0.29, 0.717) is 5.56 Å². The summed E-state index contributed by atoms with van der Waals surface area (Å²) in [5, 5.41) is 2.12. The third-order valence-electron chi connectivity index (χ3n) is 10.4. The Morgan fingerprint density at radius 1 is 0.431 bits per heavy atom. The van der Waals surface area contributed by atoms with E-state index in [1.807, 2.05) is 6.07 Å². The first-order chi connectivity index (χ1) is 25.5. The summed E-state index contributed by atoms with van der Waals surface area (Å²) in [4.78, 5) is 0. The lowest BCUT2D eigenvalue weighted by molar-refractivity contribution is 0.567. The first-order valence-corrected chi connectivity index (χ1v) is 18.5. The zero-order valence-electron chi connectivity index (χ0n) is 38.8. The van der Waals surface area contributed by atoms with Gasteiger partial charge in [0, 0.05) is 16.5 Å². The highest BCUT2D eigenvalue weighted by Gasteiger charge is 2.30. The monoisotopic (exact) mass is 681 g/mol. The summed E-state index contributed by atoms with van der Waals surface area (Å²) in [5.41, 5.74) is 11.4. The van der Waals surface area contributed by atoms with E-state index in [1.54, 1.807) is 0 Å². The molecule has 0 fully saturated rings. The quantitative estimate of drug-likeness (QED) is 0.175. The number of benzene rings is 5. The molecule has 0 aliphatic rings. The molecule has 1 aromatic heterocycles. The van der Waals surface area contributed by atoms with Crippen LogP contribution in [-0.2, 0) is 27.1 Å². The average Bonchev–Trinajstić information content (AvgIpc) is 3.42. The normalized spacial score (nSPS) is 14.8. The summed E-state index contributed by atoms with van der Waals surface area (Å²) in [6.45, 7) is 33.7.